The number of aliphatic hydroxyl groups excluding tert-OH is 1. The van der Waals surface area contributed by atoms with Gasteiger partial charge in [0.05, 0.1) is 0 Å². The van der Waals surface area contributed by atoms with Crippen LogP contribution in [0.4, 0.5) is 5.69 Å². The standard InChI is InChI=1S/C16H17Br2NO2/c1-11-2-5-13(8-16(11)18)19-9-14(20)10-21-15-6-3-12(17)4-7-15/h2-8,14,19-20H,9-10H2,1H3. The molecular formula is C16H17Br2NO2. The van der Waals surface area contributed by atoms with Crippen LogP contribution in [0.25, 0.3) is 0 Å². The Hall–Kier alpha value is -1.04. The van der Waals surface area contributed by atoms with E-state index >= 15 is 0 Å². The molecule has 0 aliphatic heterocycles. The van der Waals surface area contributed by atoms with Gasteiger partial charge in [0.1, 0.15) is 18.5 Å². The van der Waals surface area contributed by atoms with Crippen molar-refractivity contribution in [1.82, 2.24) is 0 Å². The van der Waals surface area contributed by atoms with Crippen molar-refractivity contribution in [2.24, 2.45) is 0 Å². The van der Waals surface area contributed by atoms with Gasteiger partial charge < -0.3 is 15.2 Å². The van der Waals surface area contributed by atoms with Crippen molar-refractivity contribution in [3.63, 3.8) is 0 Å². The Morgan fingerprint density at radius 3 is 2.52 bits per heavy atom. The molecule has 0 aromatic heterocycles. The zero-order valence-electron chi connectivity index (χ0n) is 11.6. The maximum absolute atomic E-state index is 9.94. The van der Waals surface area contributed by atoms with Gasteiger partial charge >= 0.3 is 0 Å². The molecule has 2 N–H and O–H groups in total. The minimum Gasteiger partial charge on any atom is -0.491 e. The van der Waals surface area contributed by atoms with E-state index < -0.39 is 6.10 Å². The third-order valence-electron chi connectivity index (χ3n) is 2.97. The van der Waals surface area contributed by atoms with E-state index in [1.165, 1.54) is 5.56 Å². The van der Waals surface area contributed by atoms with Crippen molar-refractivity contribution in [3.05, 3.63) is 57.0 Å². The third-order valence-corrected chi connectivity index (χ3v) is 4.35. The van der Waals surface area contributed by atoms with Gasteiger partial charge in [-0.1, -0.05) is 37.9 Å². The van der Waals surface area contributed by atoms with Crippen molar-refractivity contribution in [3.8, 4) is 5.75 Å². The molecule has 2 aromatic carbocycles. The molecule has 1 atom stereocenters. The van der Waals surface area contributed by atoms with E-state index in [9.17, 15) is 5.11 Å². The fourth-order valence-electron chi connectivity index (χ4n) is 1.72. The summed E-state index contributed by atoms with van der Waals surface area (Å²) in [5.41, 5.74) is 2.15. The number of anilines is 1. The summed E-state index contributed by atoms with van der Waals surface area (Å²) in [6.07, 6.45) is -0.575. The summed E-state index contributed by atoms with van der Waals surface area (Å²) >= 11 is 6.86. The molecule has 2 aromatic rings. The molecule has 0 aliphatic rings. The van der Waals surface area contributed by atoms with Crippen LogP contribution in [0.3, 0.4) is 0 Å². The Kier molecular flexibility index (Phi) is 6.08. The predicted octanol–water partition coefficient (Wildman–Crippen LogP) is 4.37. The Bertz CT molecular complexity index is 587. The Labute approximate surface area is 141 Å². The van der Waals surface area contributed by atoms with Crippen LogP contribution < -0.4 is 10.1 Å². The monoisotopic (exact) mass is 413 g/mol. The Morgan fingerprint density at radius 1 is 1.14 bits per heavy atom. The van der Waals surface area contributed by atoms with Crippen molar-refractivity contribution in [2.75, 3.05) is 18.5 Å². The van der Waals surface area contributed by atoms with Gasteiger partial charge in [0, 0.05) is 21.2 Å². The normalized spacial score (nSPS) is 12.0. The quantitative estimate of drug-likeness (QED) is 0.737. The summed E-state index contributed by atoms with van der Waals surface area (Å²) in [5.74, 6) is 0.746. The first-order valence-corrected chi connectivity index (χ1v) is 8.19. The number of halogens is 2. The molecular weight excluding hydrogens is 398 g/mol. The molecule has 0 saturated carbocycles. The number of ether oxygens (including phenoxy) is 1. The van der Waals surface area contributed by atoms with Crippen LogP contribution in [0.15, 0.2) is 51.4 Å². The number of aliphatic hydroxyl groups is 1. The zero-order chi connectivity index (χ0) is 15.2. The Morgan fingerprint density at radius 2 is 1.86 bits per heavy atom. The van der Waals surface area contributed by atoms with E-state index in [0.717, 1.165) is 20.4 Å². The van der Waals surface area contributed by atoms with Crippen LogP contribution in [0.1, 0.15) is 5.56 Å². The highest BCUT2D eigenvalue weighted by Gasteiger charge is 2.06. The Balaban J connectivity index is 1.77. The molecule has 0 amide bonds. The predicted molar refractivity (Wildman–Crippen MR) is 93.0 cm³/mol. The van der Waals surface area contributed by atoms with Crippen LogP contribution >= 0.6 is 31.9 Å². The van der Waals surface area contributed by atoms with E-state index in [2.05, 4.69) is 37.2 Å². The smallest absolute Gasteiger partial charge is 0.119 e. The van der Waals surface area contributed by atoms with E-state index in [4.69, 9.17) is 4.74 Å². The fourth-order valence-corrected chi connectivity index (χ4v) is 2.36. The minimum atomic E-state index is -0.575. The highest BCUT2D eigenvalue weighted by Crippen LogP contribution is 2.20. The number of hydrogen-bond acceptors (Lipinski definition) is 3. The summed E-state index contributed by atoms with van der Waals surface area (Å²) in [7, 11) is 0. The van der Waals surface area contributed by atoms with Gasteiger partial charge in [0.2, 0.25) is 0 Å². The molecule has 0 bridgehead atoms. The van der Waals surface area contributed by atoms with E-state index in [-0.39, 0.29) is 6.61 Å². The zero-order valence-corrected chi connectivity index (χ0v) is 14.8. The van der Waals surface area contributed by atoms with E-state index in [1.807, 2.05) is 49.4 Å². The maximum Gasteiger partial charge on any atom is 0.119 e. The molecule has 1 unspecified atom stereocenters. The molecule has 0 radical (unpaired) electrons. The van der Waals surface area contributed by atoms with Gasteiger partial charge in [-0.3, -0.25) is 0 Å². The van der Waals surface area contributed by atoms with Gasteiger partial charge in [0.15, 0.2) is 0 Å². The SMILES string of the molecule is Cc1ccc(NCC(O)COc2ccc(Br)cc2)cc1Br. The number of aryl methyl sites for hydroxylation is 1. The van der Waals surface area contributed by atoms with Gasteiger partial charge in [-0.15, -0.1) is 0 Å². The van der Waals surface area contributed by atoms with Crippen LogP contribution in [0.2, 0.25) is 0 Å². The van der Waals surface area contributed by atoms with Crippen molar-refractivity contribution in [1.29, 1.82) is 0 Å². The first kappa shape index (κ1) is 16.3. The highest BCUT2D eigenvalue weighted by atomic mass is 79.9. The van der Waals surface area contributed by atoms with Crippen molar-refractivity contribution < 1.29 is 9.84 Å². The van der Waals surface area contributed by atoms with Crippen LogP contribution in [-0.2, 0) is 0 Å². The second-order valence-corrected chi connectivity index (χ2v) is 6.53. The van der Waals surface area contributed by atoms with Crippen LogP contribution in [0, 0.1) is 6.92 Å². The summed E-state index contributed by atoms with van der Waals surface area (Å²) in [6, 6.07) is 13.5. The topological polar surface area (TPSA) is 41.5 Å². The maximum atomic E-state index is 9.94. The number of benzene rings is 2. The van der Waals surface area contributed by atoms with Gasteiger partial charge in [-0.2, -0.15) is 0 Å². The van der Waals surface area contributed by atoms with E-state index in [0.29, 0.717) is 6.54 Å². The highest BCUT2D eigenvalue weighted by molar-refractivity contribution is 9.10. The third kappa shape index (κ3) is 5.34. The van der Waals surface area contributed by atoms with Gasteiger partial charge in [0.25, 0.3) is 0 Å². The van der Waals surface area contributed by atoms with Crippen molar-refractivity contribution >= 4 is 37.5 Å². The fraction of sp³-hybridized carbons (Fsp3) is 0.250. The molecule has 112 valence electrons. The lowest BCUT2D eigenvalue weighted by molar-refractivity contribution is 0.117. The van der Waals surface area contributed by atoms with Gasteiger partial charge in [-0.05, 0) is 48.9 Å². The van der Waals surface area contributed by atoms with E-state index in [1.54, 1.807) is 0 Å². The summed E-state index contributed by atoms with van der Waals surface area (Å²) in [5, 5.41) is 13.1. The van der Waals surface area contributed by atoms with Gasteiger partial charge in [-0.25, -0.2) is 0 Å². The molecule has 5 heteroatoms. The lowest BCUT2D eigenvalue weighted by Gasteiger charge is -2.14. The molecule has 3 nitrogen and oxygen atoms in total. The number of hydrogen-bond donors (Lipinski definition) is 2. The second kappa shape index (κ2) is 7.82. The lowest BCUT2D eigenvalue weighted by atomic mass is 10.2. The summed E-state index contributed by atoms with van der Waals surface area (Å²) in [6.45, 7) is 2.72. The number of rotatable bonds is 6. The summed E-state index contributed by atoms with van der Waals surface area (Å²) in [4.78, 5) is 0. The number of nitrogens with one attached hydrogen (secondary N) is 1. The van der Waals surface area contributed by atoms with Crippen molar-refractivity contribution in [2.45, 2.75) is 13.0 Å². The lowest BCUT2D eigenvalue weighted by Crippen LogP contribution is -2.26. The average molecular weight is 415 g/mol. The molecule has 0 saturated heterocycles. The molecule has 0 spiro atoms. The molecule has 0 fully saturated rings. The minimum absolute atomic E-state index is 0.252. The summed E-state index contributed by atoms with van der Waals surface area (Å²) < 4.78 is 7.58. The van der Waals surface area contributed by atoms with Crippen LogP contribution in [-0.4, -0.2) is 24.4 Å². The second-order valence-electron chi connectivity index (χ2n) is 4.76. The molecule has 0 heterocycles. The average Bonchev–Trinajstić information content (AvgIpc) is 2.48. The molecule has 21 heavy (non-hydrogen) atoms. The molecule has 0 aliphatic carbocycles. The van der Waals surface area contributed by atoms with Crippen LogP contribution in [0.5, 0.6) is 5.75 Å². The largest absolute Gasteiger partial charge is 0.491 e. The molecule has 2 rings (SSSR count). The first-order valence-electron chi connectivity index (χ1n) is 6.61. The first-order chi connectivity index (χ1) is 10.0.